The van der Waals surface area contributed by atoms with Crippen molar-refractivity contribution in [3.05, 3.63) is 41.6 Å². The van der Waals surface area contributed by atoms with E-state index in [9.17, 15) is 0 Å². The fraction of sp³-hybridized carbons (Fsp3) is 0.471. The van der Waals surface area contributed by atoms with Crippen molar-refractivity contribution in [2.24, 2.45) is 5.92 Å². The Labute approximate surface area is 120 Å². The molecule has 0 bridgehead atoms. The summed E-state index contributed by atoms with van der Waals surface area (Å²) in [4.78, 5) is 0. The van der Waals surface area contributed by atoms with Gasteiger partial charge in [0, 0.05) is 23.7 Å². The Morgan fingerprint density at radius 1 is 1.25 bits per heavy atom. The van der Waals surface area contributed by atoms with Gasteiger partial charge in [0.25, 0.3) is 0 Å². The zero-order valence-corrected chi connectivity index (χ0v) is 12.2. The number of nitrogens with one attached hydrogen (secondary N) is 1. The summed E-state index contributed by atoms with van der Waals surface area (Å²) in [5, 5.41) is 7.46. The molecule has 2 aromatic rings. The van der Waals surface area contributed by atoms with E-state index >= 15 is 0 Å². The van der Waals surface area contributed by atoms with E-state index in [0.29, 0.717) is 12.0 Å². The highest BCUT2D eigenvalue weighted by molar-refractivity contribution is 5.61. The second kappa shape index (κ2) is 5.80. The third-order valence-corrected chi connectivity index (χ3v) is 3.66. The van der Waals surface area contributed by atoms with E-state index in [-0.39, 0.29) is 0 Å². The van der Waals surface area contributed by atoms with Gasteiger partial charge in [-0.1, -0.05) is 43.3 Å². The first kappa shape index (κ1) is 13.4. The fourth-order valence-corrected chi connectivity index (χ4v) is 2.43. The lowest BCUT2D eigenvalue weighted by molar-refractivity contribution is 0.431. The summed E-state index contributed by atoms with van der Waals surface area (Å²) in [5.41, 5.74) is 3.64. The van der Waals surface area contributed by atoms with Crippen LogP contribution in [0.25, 0.3) is 11.3 Å². The summed E-state index contributed by atoms with van der Waals surface area (Å²) >= 11 is 0. The maximum atomic E-state index is 5.43. The van der Waals surface area contributed by atoms with Crippen LogP contribution in [0.3, 0.4) is 0 Å². The van der Waals surface area contributed by atoms with Crippen LogP contribution in [-0.2, 0) is 13.0 Å². The number of benzene rings is 1. The third-order valence-electron chi connectivity index (χ3n) is 3.66. The minimum atomic E-state index is 0.685. The number of nitrogens with zero attached hydrogens (tertiary/aromatic N) is 1. The van der Waals surface area contributed by atoms with Crippen molar-refractivity contribution in [3.63, 3.8) is 0 Å². The first-order valence-corrected chi connectivity index (χ1v) is 7.48. The lowest BCUT2D eigenvalue weighted by Gasteiger charge is -2.06. The van der Waals surface area contributed by atoms with Crippen LogP contribution in [-0.4, -0.2) is 11.2 Å². The van der Waals surface area contributed by atoms with Gasteiger partial charge in [0.05, 0.1) is 6.20 Å². The zero-order chi connectivity index (χ0) is 13.9. The van der Waals surface area contributed by atoms with Gasteiger partial charge >= 0.3 is 0 Å². The SMILES string of the molecule is CC(C)Cc1ccc(-c2oncc2CNC2CC2)cc1. The maximum Gasteiger partial charge on any atom is 0.171 e. The number of aromatic nitrogens is 1. The molecule has 1 saturated carbocycles. The maximum absolute atomic E-state index is 5.43. The second-order valence-corrected chi connectivity index (χ2v) is 6.13. The molecule has 0 radical (unpaired) electrons. The monoisotopic (exact) mass is 270 g/mol. The predicted molar refractivity (Wildman–Crippen MR) is 80.3 cm³/mol. The molecule has 0 atom stereocenters. The molecule has 3 heteroatoms. The molecule has 1 N–H and O–H groups in total. The van der Waals surface area contributed by atoms with Crippen molar-refractivity contribution in [1.29, 1.82) is 0 Å². The highest BCUT2D eigenvalue weighted by atomic mass is 16.5. The zero-order valence-electron chi connectivity index (χ0n) is 12.2. The molecule has 0 spiro atoms. The molecule has 1 aromatic heterocycles. The van der Waals surface area contributed by atoms with Crippen LogP contribution >= 0.6 is 0 Å². The van der Waals surface area contributed by atoms with Gasteiger partial charge in [0.1, 0.15) is 0 Å². The Morgan fingerprint density at radius 3 is 2.65 bits per heavy atom. The van der Waals surface area contributed by atoms with E-state index in [0.717, 1.165) is 29.9 Å². The van der Waals surface area contributed by atoms with Crippen molar-refractivity contribution in [3.8, 4) is 11.3 Å². The molecule has 0 saturated heterocycles. The van der Waals surface area contributed by atoms with Gasteiger partial charge in [-0.3, -0.25) is 0 Å². The summed E-state index contributed by atoms with van der Waals surface area (Å²) < 4.78 is 5.43. The molecule has 1 aromatic carbocycles. The first-order valence-electron chi connectivity index (χ1n) is 7.48. The van der Waals surface area contributed by atoms with Gasteiger partial charge in [-0.15, -0.1) is 0 Å². The van der Waals surface area contributed by atoms with Gasteiger partial charge < -0.3 is 9.84 Å². The van der Waals surface area contributed by atoms with Crippen molar-refractivity contribution >= 4 is 0 Å². The van der Waals surface area contributed by atoms with E-state index in [4.69, 9.17) is 4.52 Å². The van der Waals surface area contributed by atoms with E-state index in [2.05, 4.69) is 48.6 Å². The lowest BCUT2D eigenvalue weighted by Crippen LogP contribution is -2.15. The van der Waals surface area contributed by atoms with Crippen LogP contribution in [0.5, 0.6) is 0 Å². The molecule has 1 heterocycles. The summed E-state index contributed by atoms with van der Waals surface area (Å²) in [6.45, 7) is 5.33. The smallest absolute Gasteiger partial charge is 0.171 e. The van der Waals surface area contributed by atoms with E-state index in [1.54, 1.807) is 0 Å². The van der Waals surface area contributed by atoms with Crippen molar-refractivity contribution < 1.29 is 4.52 Å². The Morgan fingerprint density at radius 2 is 2.00 bits per heavy atom. The molecule has 0 unspecified atom stereocenters. The van der Waals surface area contributed by atoms with Gasteiger partial charge in [-0.05, 0) is 30.7 Å². The van der Waals surface area contributed by atoms with E-state index in [1.807, 2.05) is 6.20 Å². The number of hydrogen-bond acceptors (Lipinski definition) is 3. The summed E-state index contributed by atoms with van der Waals surface area (Å²) in [7, 11) is 0. The van der Waals surface area contributed by atoms with Gasteiger partial charge in [-0.25, -0.2) is 0 Å². The molecule has 0 aliphatic heterocycles. The topological polar surface area (TPSA) is 38.1 Å². The Kier molecular flexibility index (Phi) is 3.88. The largest absolute Gasteiger partial charge is 0.356 e. The average Bonchev–Trinajstić information content (AvgIpc) is 3.14. The molecule has 3 rings (SSSR count). The first-order chi connectivity index (χ1) is 9.72. The van der Waals surface area contributed by atoms with E-state index < -0.39 is 0 Å². The standard InChI is InChI=1S/C17H22N2O/c1-12(2)9-13-3-5-14(6-4-13)17-15(11-19-20-17)10-18-16-7-8-16/h3-6,11-12,16,18H,7-10H2,1-2H3. The van der Waals surface area contributed by atoms with Crippen LogP contribution in [0.15, 0.2) is 35.0 Å². The minimum absolute atomic E-state index is 0.685. The molecule has 1 fully saturated rings. The van der Waals surface area contributed by atoms with Crippen LogP contribution < -0.4 is 5.32 Å². The van der Waals surface area contributed by atoms with Crippen molar-refractivity contribution in [2.45, 2.75) is 45.7 Å². The fourth-order valence-electron chi connectivity index (χ4n) is 2.43. The number of hydrogen-bond donors (Lipinski definition) is 1. The summed E-state index contributed by atoms with van der Waals surface area (Å²) in [6.07, 6.45) is 5.54. The minimum Gasteiger partial charge on any atom is -0.356 e. The Hall–Kier alpha value is -1.61. The van der Waals surface area contributed by atoms with Crippen molar-refractivity contribution in [1.82, 2.24) is 10.5 Å². The molecule has 106 valence electrons. The van der Waals surface area contributed by atoms with Gasteiger partial charge in [-0.2, -0.15) is 0 Å². The van der Waals surface area contributed by atoms with Crippen molar-refractivity contribution in [2.75, 3.05) is 0 Å². The van der Waals surface area contributed by atoms with Crippen LogP contribution in [0.1, 0.15) is 37.8 Å². The van der Waals surface area contributed by atoms with E-state index in [1.165, 1.54) is 18.4 Å². The van der Waals surface area contributed by atoms with Crippen LogP contribution in [0.4, 0.5) is 0 Å². The van der Waals surface area contributed by atoms with Gasteiger partial charge in [0.2, 0.25) is 0 Å². The highest BCUT2D eigenvalue weighted by Crippen LogP contribution is 2.26. The molecular weight excluding hydrogens is 248 g/mol. The quantitative estimate of drug-likeness (QED) is 0.867. The predicted octanol–water partition coefficient (Wildman–Crippen LogP) is 3.79. The Balaban J connectivity index is 1.72. The lowest BCUT2D eigenvalue weighted by atomic mass is 10.0. The molecule has 1 aliphatic carbocycles. The normalized spacial score (nSPS) is 14.9. The molecule has 0 amide bonds. The summed E-state index contributed by atoms with van der Waals surface area (Å²) in [5.74, 6) is 1.58. The van der Waals surface area contributed by atoms with Crippen LogP contribution in [0, 0.1) is 5.92 Å². The van der Waals surface area contributed by atoms with Gasteiger partial charge in [0.15, 0.2) is 5.76 Å². The molecule has 20 heavy (non-hydrogen) atoms. The molecule has 1 aliphatic rings. The second-order valence-electron chi connectivity index (χ2n) is 6.13. The third kappa shape index (κ3) is 3.28. The highest BCUT2D eigenvalue weighted by Gasteiger charge is 2.21. The van der Waals surface area contributed by atoms with Crippen LogP contribution in [0.2, 0.25) is 0 Å². The Bertz CT molecular complexity index is 553. The number of rotatable bonds is 6. The average molecular weight is 270 g/mol. The molecule has 3 nitrogen and oxygen atoms in total. The summed E-state index contributed by atoms with van der Waals surface area (Å²) in [6, 6.07) is 9.36. The molecular formula is C17H22N2O.